The van der Waals surface area contributed by atoms with Crippen molar-refractivity contribution in [2.75, 3.05) is 11.9 Å². The minimum atomic E-state index is -0.815. The van der Waals surface area contributed by atoms with Gasteiger partial charge in [-0.1, -0.05) is 36.4 Å². The fraction of sp³-hybridized carbons (Fsp3) is 0.0455. The van der Waals surface area contributed by atoms with Crippen molar-refractivity contribution in [3.8, 4) is 11.4 Å². The number of carbonyl (C=O) groups is 2. The fourth-order valence-corrected chi connectivity index (χ4v) is 3.68. The first-order valence-electron chi connectivity index (χ1n) is 9.97. The molecule has 0 aliphatic rings. The Kier molecular flexibility index (Phi) is 5.86. The van der Waals surface area contributed by atoms with Crippen molar-refractivity contribution in [1.29, 1.82) is 0 Å². The number of benzene rings is 2. The number of ether oxygens (including phenoxy) is 1. The van der Waals surface area contributed by atoms with Crippen molar-refractivity contribution >= 4 is 52.1 Å². The highest BCUT2D eigenvalue weighted by molar-refractivity contribution is 7.00. The van der Waals surface area contributed by atoms with E-state index in [1.807, 2.05) is 18.2 Å². The lowest BCUT2D eigenvalue weighted by Gasteiger charge is -2.10. The summed E-state index contributed by atoms with van der Waals surface area (Å²) in [6, 6.07) is 17.7. The standard InChI is InChI=1S/C22H15N7O4S/c30-19(23-16-9-4-10-17-20(16)26-34-25-17)13-33-22(31)18(12-15-8-5-11-32-15)29-21(24-27-28-29)14-6-2-1-3-7-14/h1-12H,13H2,(H,23,30)/b18-12+. The summed E-state index contributed by atoms with van der Waals surface area (Å²) in [5.74, 6) is -0.646. The largest absolute Gasteiger partial charge is 0.465 e. The van der Waals surface area contributed by atoms with Gasteiger partial charge in [0.25, 0.3) is 5.91 Å². The van der Waals surface area contributed by atoms with Gasteiger partial charge < -0.3 is 14.5 Å². The number of tetrazole rings is 1. The van der Waals surface area contributed by atoms with E-state index in [-0.39, 0.29) is 5.70 Å². The van der Waals surface area contributed by atoms with Crippen LogP contribution in [-0.2, 0) is 14.3 Å². The van der Waals surface area contributed by atoms with Crippen LogP contribution in [0, 0.1) is 0 Å². The minimum absolute atomic E-state index is 0.0302. The molecule has 3 heterocycles. The third kappa shape index (κ3) is 4.42. The summed E-state index contributed by atoms with van der Waals surface area (Å²) in [5.41, 5.74) is 2.36. The van der Waals surface area contributed by atoms with Crippen molar-refractivity contribution in [2.45, 2.75) is 0 Å². The summed E-state index contributed by atoms with van der Waals surface area (Å²) in [6.07, 6.45) is 2.90. The topological polar surface area (TPSA) is 138 Å². The maximum absolute atomic E-state index is 13.0. The smallest absolute Gasteiger partial charge is 0.357 e. The van der Waals surface area contributed by atoms with E-state index in [1.54, 1.807) is 42.5 Å². The first-order chi connectivity index (χ1) is 16.7. The number of hydrogen-bond donors (Lipinski definition) is 1. The SMILES string of the molecule is O=C(COC(=O)/C(=C\c1ccco1)n1nnnc1-c1ccccc1)Nc1cccc2nsnc12. The van der Waals surface area contributed by atoms with E-state index in [1.165, 1.54) is 17.0 Å². The predicted octanol–water partition coefficient (Wildman–Crippen LogP) is 3.12. The van der Waals surface area contributed by atoms with Crippen LogP contribution < -0.4 is 5.32 Å². The maximum Gasteiger partial charge on any atom is 0.357 e. The van der Waals surface area contributed by atoms with E-state index in [4.69, 9.17) is 9.15 Å². The molecule has 5 aromatic rings. The van der Waals surface area contributed by atoms with Gasteiger partial charge in [0.15, 0.2) is 18.1 Å². The second kappa shape index (κ2) is 9.42. The fourth-order valence-electron chi connectivity index (χ4n) is 3.13. The number of furan rings is 1. The third-order valence-corrected chi connectivity index (χ3v) is 5.20. The molecule has 0 atom stereocenters. The lowest BCUT2D eigenvalue weighted by atomic mass is 10.2. The van der Waals surface area contributed by atoms with Gasteiger partial charge in [-0.3, -0.25) is 4.79 Å². The average Bonchev–Trinajstić information content (AvgIpc) is 3.63. The number of nitrogens with one attached hydrogen (secondary N) is 1. The molecular weight excluding hydrogens is 458 g/mol. The van der Waals surface area contributed by atoms with Crippen LogP contribution in [0.15, 0.2) is 71.3 Å². The third-order valence-electron chi connectivity index (χ3n) is 4.66. The van der Waals surface area contributed by atoms with Crippen LogP contribution in [0.2, 0.25) is 0 Å². The molecule has 0 saturated carbocycles. The Balaban J connectivity index is 1.37. The molecule has 0 unspecified atom stereocenters. The highest BCUT2D eigenvalue weighted by Crippen LogP contribution is 2.22. The lowest BCUT2D eigenvalue weighted by Crippen LogP contribution is -2.23. The number of esters is 1. The molecule has 0 saturated heterocycles. The van der Waals surface area contributed by atoms with Crippen LogP contribution in [0.1, 0.15) is 5.76 Å². The van der Waals surface area contributed by atoms with Gasteiger partial charge in [0, 0.05) is 11.6 Å². The summed E-state index contributed by atoms with van der Waals surface area (Å²) in [5, 5.41) is 14.4. The second-order valence-corrected chi connectivity index (χ2v) is 7.42. The first-order valence-corrected chi connectivity index (χ1v) is 10.7. The van der Waals surface area contributed by atoms with Gasteiger partial charge in [0.05, 0.1) is 23.7 Å². The number of rotatable bonds is 7. The van der Waals surface area contributed by atoms with Gasteiger partial charge in [0.2, 0.25) is 0 Å². The van der Waals surface area contributed by atoms with Gasteiger partial charge in [-0.05, 0) is 34.7 Å². The van der Waals surface area contributed by atoms with E-state index in [2.05, 4.69) is 29.6 Å². The zero-order valence-electron chi connectivity index (χ0n) is 17.4. The molecule has 0 spiro atoms. The summed E-state index contributed by atoms with van der Waals surface area (Å²) >= 11 is 1.04. The molecule has 1 N–H and O–H groups in total. The Morgan fingerprint density at radius 1 is 1.06 bits per heavy atom. The van der Waals surface area contributed by atoms with E-state index >= 15 is 0 Å². The molecule has 2 aromatic carbocycles. The van der Waals surface area contributed by atoms with Crippen LogP contribution in [-0.4, -0.2) is 47.4 Å². The summed E-state index contributed by atoms with van der Waals surface area (Å²) in [7, 11) is 0. The van der Waals surface area contributed by atoms with Crippen molar-refractivity contribution in [1.82, 2.24) is 29.0 Å². The number of fused-ring (bicyclic) bond motifs is 1. The van der Waals surface area contributed by atoms with Gasteiger partial charge in [0.1, 0.15) is 16.8 Å². The molecule has 34 heavy (non-hydrogen) atoms. The Bertz CT molecular complexity index is 1480. The number of amides is 1. The second-order valence-electron chi connectivity index (χ2n) is 6.89. The summed E-state index contributed by atoms with van der Waals surface area (Å²) in [4.78, 5) is 25.5. The maximum atomic E-state index is 13.0. The number of anilines is 1. The number of nitrogens with zero attached hydrogens (tertiary/aromatic N) is 6. The van der Waals surface area contributed by atoms with Crippen molar-refractivity contribution in [2.24, 2.45) is 0 Å². The molecule has 168 valence electrons. The van der Waals surface area contributed by atoms with Crippen LogP contribution in [0.5, 0.6) is 0 Å². The van der Waals surface area contributed by atoms with E-state index in [0.29, 0.717) is 33.9 Å². The molecule has 0 fully saturated rings. The minimum Gasteiger partial charge on any atom is -0.465 e. The van der Waals surface area contributed by atoms with Crippen molar-refractivity contribution in [3.05, 3.63) is 72.7 Å². The quantitative estimate of drug-likeness (QED) is 0.279. The predicted molar refractivity (Wildman–Crippen MR) is 123 cm³/mol. The molecule has 0 bridgehead atoms. The molecule has 0 radical (unpaired) electrons. The molecule has 1 amide bonds. The normalized spacial score (nSPS) is 11.5. The summed E-state index contributed by atoms with van der Waals surface area (Å²) in [6.45, 7) is -0.537. The Morgan fingerprint density at radius 2 is 1.94 bits per heavy atom. The number of carbonyl (C=O) groups excluding carboxylic acids is 2. The molecular formula is C22H15N7O4S. The Hall–Kier alpha value is -4.71. The highest BCUT2D eigenvalue weighted by atomic mass is 32.1. The van der Waals surface area contributed by atoms with Crippen LogP contribution in [0.3, 0.4) is 0 Å². The number of hydrogen-bond acceptors (Lipinski definition) is 10. The van der Waals surface area contributed by atoms with E-state index < -0.39 is 18.5 Å². The lowest BCUT2D eigenvalue weighted by molar-refractivity contribution is -0.141. The summed E-state index contributed by atoms with van der Waals surface area (Å²) < 4.78 is 20.2. The van der Waals surface area contributed by atoms with Crippen LogP contribution in [0.25, 0.3) is 34.2 Å². The van der Waals surface area contributed by atoms with Gasteiger partial charge in [-0.15, -0.1) is 5.10 Å². The van der Waals surface area contributed by atoms with E-state index in [9.17, 15) is 9.59 Å². The van der Waals surface area contributed by atoms with Gasteiger partial charge in [-0.25, -0.2) is 4.79 Å². The Labute approximate surface area is 196 Å². The molecule has 0 aliphatic carbocycles. The van der Waals surface area contributed by atoms with Gasteiger partial charge >= 0.3 is 5.97 Å². The average molecular weight is 473 g/mol. The molecule has 5 rings (SSSR count). The molecule has 12 heteroatoms. The van der Waals surface area contributed by atoms with Gasteiger partial charge in [-0.2, -0.15) is 13.4 Å². The first kappa shape index (κ1) is 21.2. The number of aromatic nitrogens is 6. The molecule has 11 nitrogen and oxygen atoms in total. The molecule has 0 aliphatic heterocycles. The zero-order valence-corrected chi connectivity index (χ0v) is 18.2. The Morgan fingerprint density at radius 3 is 2.76 bits per heavy atom. The van der Waals surface area contributed by atoms with E-state index in [0.717, 1.165) is 11.7 Å². The highest BCUT2D eigenvalue weighted by Gasteiger charge is 2.22. The van der Waals surface area contributed by atoms with Crippen molar-refractivity contribution < 1.29 is 18.7 Å². The van der Waals surface area contributed by atoms with Crippen LogP contribution >= 0.6 is 11.7 Å². The van der Waals surface area contributed by atoms with Crippen LogP contribution in [0.4, 0.5) is 5.69 Å². The monoisotopic (exact) mass is 473 g/mol. The molecule has 3 aromatic heterocycles. The zero-order chi connectivity index (χ0) is 23.3. The van der Waals surface area contributed by atoms with Crippen molar-refractivity contribution in [3.63, 3.8) is 0 Å².